The first-order valence-corrected chi connectivity index (χ1v) is 2.46. The summed E-state index contributed by atoms with van der Waals surface area (Å²) in [6, 6.07) is 1.89. The van der Waals surface area contributed by atoms with Crippen LogP contribution in [-0.4, -0.2) is 10.2 Å². The van der Waals surface area contributed by atoms with Crippen molar-refractivity contribution in [3.63, 3.8) is 0 Å². The van der Waals surface area contributed by atoms with Gasteiger partial charge in [0.25, 0.3) is 0 Å². The number of hydrogen-bond donors (Lipinski definition) is 1. The minimum atomic E-state index is 1.00. The summed E-state index contributed by atoms with van der Waals surface area (Å²) in [4.78, 5) is 0. The van der Waals surface area contributed by atoms with Gasteiger partial charge in [-0.2, -0.15) is 5.10 Å². The fourth-order valence-corrected chi connectivity index (χ4v) is 0.494. The molecule has 0 aromatic carbocycles. The fraction of sp³-hybridized carbons (Fsp3) is 0.167. The van der Waals surface area contributed by atoms with E-state index < -0.39 is 0 Å². The van der Waals surface area contributed by atoms with Crippen molar-refractivity contribution < 1.29 is 0 Å². The third-order valence-corrected chi connectivity index (χ3v) is 0.961. The topological polar surface area (TPSA) is 28.7 Å². The zero-order chi connectivity index (χ0) is 5.98. The lowest BCUT2D eigenvalue weighted by Crippen LogP contribution is -1.74. The Hall–Kier alpha value is -1.05. The molecule has 0 bridgehead atoms. The number of allylic oxidation sites excluding steroid dienone is 1. The van der Waals surface area contributed by atoms with E-state index in [9.17, 15) is 0 Å². The second kappa shape index (κ2) is 1.82. The van der Waals surface area contributed by atoms with Gasteiger partial charge in [-0.05, 0) is 18.6 Å². The molecule has 8 heavy (non-hydrogen) atoms. The summed E-state index contributed by atoms with van der Waals surface area (Å²) in [5.41, 5.74) is 2.02. The van der Waals surface area contributed by atoms with Crippen LogP contribution in [0.25, 0.3) is 5.57 Å². The maximum atomic E-state index is 3.76. The molecule has 0 aliphatic carbocycles. The molecular weight excluding hydrogens is 100 g/mol. The zero-order valence-electron chi connectivity index (χ0n) is 4.81. The lowest BCUT2D eigenvalue weighted by atomic mass is 10.3. The number of H-pyrrole nitrogens is 1. The quantitative estimate of drug-likeness (QED) is 0.579. The second-order valence-electron chi connectivity index (χ2n) is 1.75. The highest BCUT2D eigenvalue weighted by Gasteiger charge is 1.88. The molecule has 0 fully saturated rings. The van der Waals surface area contributed by atoms with Gasteiger partial charge in [-0.25, -0.2) is 0 Å². The normalized spacial score (nSPS) is 9.12. The molecule has 0 spiro atoms. The van der Waals surface area contributed by atoms with Crippen LogP contribution in [0.3, 0.4) is 0 Å². The standard InChI is InChI=1S/C6H8N2/c1-5(2)6-3-4-7-8-6/h3-4H,1H2,2H3,(H,7,8). The van der Waals surface area contributed by atoms with E-state index in [1.54, 1.807) is 6.20 Å². The first-order valence-electron chi connectivity index (χ1n) is 2.46. The van der Waals surface area contributed by atoms with Gasteiger partial charge in [-0.3, -0.25) is 5.10 Å². The number of aromatic amines is 1. The van der Waals surface area contributed by atoms with Gasteiger partial charge in [-0.15, -0.1) is 0 Å². The van der Waals surface area contributed by atoms with E-state index in [0.717, 1.165) is 11.3 Å². The van der Waals surface area contributed by atoms with Crippen molar-refractivity contribution in [2.24, 2.45) is 0 Å². The van der Waals surface area contributed by atoms with Crippen LogP contribution in [0, 0.1) is 0 Å². The highest BCUT2D eigenvalue weighted by Crippen LogP contribution is 2.03. The lowest BCUT2D eigenvalue weighted by molar-refractivity contribution is 1.07. The van der Waals surface area contributed by atoms with E-state index in [1.165, 1.54) is 0 Å². The van der Waals surface area contributed by atoms with Crippen LogP contribution in [-0.2, 0) is 0 Å². The van der Waals surface area contributed by atoms with Crippen LogP contribution in [0.5, 0.6) is 0 Å². The summed E-state index contributed by atoms with van der Waals surface area (Å²) in [5.74, 6) is 0. The van der Waals surface area contributed by atoms with Gasteiger partial charge in [-0.1, -0.05) is 6.58 Å². The minimum absolute atomic E-state index is 1.00. The Kier molecular flexibility index (Phi) is 1.16. The van der Waals surface area contributed by atoms with Crippen molar-refractivity contribution in [2.45, 2.75) is 6.92 Å². The molecule has 0 unspecified atom stereocenters. The van der Waals surface area contributed by atoms with Gasteiger partial charge in [0.15, 0.2) is 0 Å². The summed E-state index contributed by atoms with van der Waals surface area (Å²) in [7, 11) is 0. The molecule has 1 heterocycles. The van der Waals surface area contributed by atoms with Crippen molar-refractivity contribution in [1.29, 1.82) is 0 Å². The predicted molar refractivity (Wildman–Crippen MR) is 33.3 cm³/mol. The maximum Gasteiger partial charge on any atom is 0.0601 e. The first-order chi connectivity index (χ1) is 3.80. The van der Waals surface area contributed by atoms with Crippen LogP contribution < -0.4 is 0 Å². The second-order valence-corrected chi connectivity index (χ2v) is 1.75. The first kappa shape index (κ1) is 5.09. The summed E-state index contributed by atoms with van der Waals surface area (Å²) >= 11 is 0. The summed E-state index contributed by atoms with van der Waals surface area (Å²) in [6.07, 6.45) is 1.71. The molecule has 0 amide bonds. The monoisotopic (exact) mass is 108 g/mol. The van der Waals surface area contributed by atoms with Gasteiger partial charge >= 0.3 is 0 Å². The summed E-state index contributed by atoms with van der Waals surface area (Å²) in [6.45, 7) is 5.66. The highest BCUT2D eigenvalue weighted by molar-refractivity contribution is 5.56. The highest BCUT2D eigenvalue weighted by atomic mass is 15.1. The van der Waals surface area contributed by atoms with Gasteiger partial charge in [0.1, 0.15) is 0 Å². The maximum absolute atomic E-state index is 3.76. The van der Waals surface area contributed by atoms with Gasteiger partial charge in [0.2, 0.25) is 0 Å². The molecule has 42 valence electrons. The average molecular weight is 108 g/mol. The van der Waals surface area contributed by atoms with Crippen molar-refractivity contribution in [1.82, 2.24) is 10.2 Å². The molecule has 1 rings (SSSR count). The van der Waals surface area contributed by atoms with E-state index in [1.807, 2.05) is 13.0 Å². The van der Waals surface area contributed by atoms with Gasteiger partial charge in [0.05, 0.1) is 5.69 Å². The van der Waals surface area contributed by atoms with Crippen molar-refractivity contribution >= 4 is 5.57 Å². The Labute approximate surface area is 48.2 Å². The predicted octanol–water partition coefficient (Wildman–Crippen LogP) is 1.44. The third-order valence-electron chi connectivity index (χ3n) is 0.961. The Morgan fingerprint density at radius 1 is 1.88 bits per heavy atom. The SMILES string of the molecule is C=C(C)c1ccn[nH]1. The Morgan fingerprint density at radius 2 is 2.62 bits per heavy atom. The van der Waals surface area contributed by atoms with Crippen LogP contribution >= 0.6 is 0 Å². The molecule has 0 aliphatic heterocycles. The lowest BCUT2D eigenvalue weighted by Gasteiger charge is -1.86. The number of nitrogens with zero attached hydrogens (tertiary/aromatic N) is 1. The summed E-state index contributed by atoms with van der Waals surface area (Å²) < 4.78 is 0. The minimum Gasteiger partial charge on any atom is -0.278 e. The van der Waals surface area contributed by atoms with E-state index in [4.69, 9.17) is 0 Å². The molecule has 1 N–H and O–H groups in total. The van der Waals surface area contributed by atoms with Gasteiger partial charge in [0, 0.05) is 6.20 Å². The van der Waals surface area contributed by atoms with Crippen LogP contribution in [0.1, 0.15) is 12.6 Å². The molecule has 0 aliphatic rings. The number of hydrogen-bond acceptors (Lipinski definition) is 1. The molecule has 0 saturated carbocycles. The Bertz CT molecular complexity index is 174. The number of nitrogens with one attached hydrogen (secondary N) is 1. The van der Waals surface area contributed by atoms with Crippen molar-refractivity contribution in [3.05, 3.63) is 24.5 Å². The Morgan fingerprint density at radius 3 is 2.88 bits per heavy atom. The van der Waals surface area contributed by atoms with Gasteiger partial charge < -0.3 is 0 Å². The fourth-order valence-electron chi connectivity index (χ4n) is 0.494. The molecule has 1 aromatic heterocycles. The number of aromatic nitrogens is 2. The Balaban J connectivity index is 2.93. The van der Waals surface area contributed by atoms with Crippen molar-refractivity contribution in [2.75, 3.05) is 0 Å². The molecule has 2 nitrogen and oxygen atoms in total. The number of rotatable bonds is 1. The molecule has 0 saturated heterocycles. The molecule has 0 radical (unpaired) electrons. The van der Waals surface area contributed by atoms with E-state index >= 15 is 0 Å². The largest absolute Gasteiger partial charge is 0.278 e. The average Bonchev–Trinajstić information content (AvgIpc) is 2.12. The van der Waals surface area contributed by atoms with Crippen molar-refractivity contribution in [3.8, 4) is 0 Å². The molecule has 0 atom stereocenters. The molecular formula is C6H8N2. The van der Waals surface area contributed by atoms with Crippen LogP contribution in [0.2, 0.25) is 0 Å². The van der Waals surface area contributed by atoms with E-state index in [-0.39, 0.29) is 0 Å². The van der Waals surface area contributed by atoms with E-state index in [2.05, 4.69) is 16.8 Å². The smallest absolute Gasteiger partial charge is 0.0601 e. The van der Waals surface area contributed by atoms with E-state index in [0.29, 0.717) is 0 Å². The third kappa shape index (κ3) is 0.780. The molecule has 2 heteroatoms. The van der Waals surface area contributed by atoms with Crippen LogP contribution in [0.15, 0.2) is 18.8 Å². The molecule has 1 aromatic rings. The van der Waals surface area contributed by atoms with Crippen LogP contribution in [0.4, 0.5) is 0 Å². The summed E-state index contributed by atoms with van der Waals surface area (Å²) in [5, 5.41) is 6.54. The zero-order valence-corrected chi connectivity index (χ0v) is 4.81.